The second kappa shape index (κ2) is 9.43. The van der Waals surface area contributed by atoms with Crippen LogP contribution in [0.1, 0.15) is 51.0 Å². The lowest BCUT2D eigenvalue weighted by Gasteiger charge is -2.25. The van der Waals surface area contributed by atoms with E-state index in [1.54, 1.807) is 42.5 Å². The van der Waals surface area contributed by atoms with Crippen LogP contribution in [0.15, 0.2) is 53.4 Å². The third-order valence-corrected chi connectivity index (χ3v) is 6.86. The molecule has 2 aromatic rings. The molecule has 2 aromatic carbocycles. The molecule has 5 nitrogen and oxygen atoms in total. The minimum absolute atomic E-state index is 0.247. The van der Waals surface area contributed by atoms with Gasteiger partial charge < -0.3 is 11.1 Å². The number of nitrogen functional groups attached to an aromatic ring is 1. The topological polar surface area (TPSA) is 84.2 Å². The van der Waals surface area contributed by atoms with E-state index in [2.05, 4.69) is 17.0 Å². The van der Waals surface area contributed by atoms with E-state index in [0.29, 0.717) is 24.0 Å². The average Bonchev–Trinajstić information content (AvgIpc) is 2.69. The molecule has 1 aliphatic rings. The van der Waals surface area contributed by atoms with E-state index in [1.807, 2.05) is 6.07 Å². The van der Waals surface area contributed by atoms with Crippen molar-refractivity contribution in [1.82, 2.24) is 5.32 Å². The summed E-state index contributed by atoms with van der Waals surface area (Å²) in [4.78, 5) is 0.247. The first-order valence-electron chi connectivity index (χ1n) is 10.1. The van der Waals surface area contributed by atoms with Gasteiger partial charge in [-0.2, -0.15) is 0 Å². The molecule has 1 atom stereocenters. The van der Waals surface area contributed by atoms with Crippen LogP contribution in [0, 0.1) is 5.92 Å². The lowest BCUT2D eigenvalue weighted by molar-refractivity contribution is 0.305. The number of sulfonamides is 1. The van der Waals surface area contributed by atoms with E-state index in [-0.39, 0.29) is 4.90 Å². The molecule has 152 valence electrons. The highest BCUT2D eigenvalue weighted by Gasteiger charge is 2.18. The Morgan fingerprint density at radius 1 is 1.07 bits per heavy atom. The first kappa shape index (κ1) is 20.7. The van der Waals surface area contributed by atoms with Gasteiger partial charge in [0.2, 0.25) is 0 Å². The lowest BCUT2D eigenvalue weighted by atomic mass is 9.85. The second-order valence-electron chi connectivity index (χ2n) is 7.86. The van der Waals surface area contributed by atoms with Gasteiger partial charge in [0.05, 0.1) is 10.6 Å². The molecule has 0 amide bonds. The number of rotatable bonds is 8. The van der Waals surface area contributed by atoms with Crippen molar-refractivity contribution in [1.29, 1.82) is 0 Å². The van der Waals surface area contributed by atoms with E-state index >= 15 is 0 Å². The zero-order valence-corrected chi connectivity index (χ0v) is 17.3. The Labute approximate surface area is 168 Å². The molecule has 3 rings (SSSR count). The number of nitrogens with one attached hydrogen (secondary N) is 2. The third kappa shape index (κ3) is 5.72. The van der Waals surface area contributed by atoms with Crippen molar-refractivity contribution in [3.05, 3.63) is 54.1 Å². The van der Waals surface area contributed by atoms with Crippen molar-refractivity contribution in [3.8, 4) is 0 Å². The van der Waals surface area contributed by atoms with Crippen molar-refractivity contribution in [2.24, 2.45) is 5.92 Å². The molecule has 0 radical (unpaired) electrons. The predicted molar refractivity (Wildman–Crippen MR) is 116 cm³/mol. The largest absolute Gasteiger partial charge is 0.399 e. The molecule has 28 heavy (non-hydrogen) atoms. The molecule has 0 spiro atoms. The number of hydrogen-bond acceptors (Lipinski definition) is 4. The van der Waals surface area contributed by atoms with Crippen LogP contribution in [0.4, 0.5) is 11.4 Å². The Balaban J connectivity index is 1.67. The summed E-state index contributed by atoms with van der Waals surface area (Å²) in [7, 11) is -3.63. The zero-order valence-electron chi connectivity index (χ0n) is 16.5. The Kier molecular flexibility index (Phi) is 6.97. The third-order valence-electron chi connectivity index (χ3n) is 5.48. The van der Waals surface area contributed by atoms with Gasteiger partial charge in [-0.25, -0.2) is 8.42 Å². The summed E-state index contributed by atoms with van der Waals surface area (Å²) in [5.41, 5.74) is 8.00. The van der Waals surface area contributed by atoms with Gasteiger partial charge in [-0.3, -0.25) is 4.72 Å². The van der Waals surface area contributed by atoms with Gasteiger partial charge in [0.1, 0.15) is 0 Å². The van der Waals surface area contributed by atoms with Gasteiger partial charge in [0.25, 0.3) is 10.0 Å². The summed E-state index contributed by atoms with van der Waals surface area (Å²) in [5, 5.41) is 3.55. The van der Waals surface area contributed by atoms with Crippen LogP contribution in [0.2, 0.25) is 0 Å². The maximum absolute atomic E-state index is 12.7. The lowest BCUT2D eigenvalue weighted by Crippen LogP contribution is -2.29. The van der Waals surface area contributed by atoms with Crippen LogP contribution in [0.25, 0.3) is 0 Å². The summed E-state index contributed by atoms with van der Waals surface area (Å²) < 4.78 is 28.1. The quantitative estimate of drug-likeness (QED) is 0.568. The Hall–Kier alpha value is -2.05. The number of anilines is 2. The molecule has 0 aromatic heterocycles. The van der Waals surface area contributed by atoms with Crippen molar-refractivity contribution in [2.45, 2.75) is 62.9 Å². The summed E-state index contributed by atoms with van der Waals surface area (Å²) in [5.74, 6) is 0.799. The molecule has 0 saturated heterocycles. The molecule has 1 saturated carbocycles. The van der Waals surface area contributed by atoms with Crippen LogP contribution in [-0.4, -0.2) is 14.5 Å². The smallest absolute Gasteiger partial charge is 0.261 e. The molecular formula is C22H31N3O2S. The normalized spacial score (nSPS) is 16.6. The highest BCUT2D eigenvalue weighted by atomic mass is 32.2. The Bertz CT molecular complexity index is 863. The minimum Gasteiger partial charge on any atom is -0.399 e. The van der Waals surface area contributed by atoms with E-state index in [1.165, 1.54) is 32.1 Å². The van der Waals surface area contributed by atoms with Crippen LogP contribution in [0.5, 0.6) is 0 Å². The molecular weight excluding hydrogens is 370 g/mol. The second-order valence-corrected chi connectivity index (χ2v) is 9.54. The number of hydrogen-bond donors (Lipinski definition) is 3. The number of benzene rings is 2. The van der Waals surface area contributed by atoms with E-state index in [0.717, 1.165) is 17.9 Å². The highest BCUT2D eigenvalue weighted by Crippen LogP contribution is 2.28. The average molecular weight is 402 g/mol. The maximum Gasteiger partial charge on any atom is 0.261 e. The molecule has 4 N–H and O–H groups in total. The standard InChI is InChI=1S/C22H31N3O2S/c1-17(14-18-8-4-2-5-9-18)24-16-19-15-20(23)12-13-22(19)25-28(26,27)21-10-6-3-7-11-21/h3,6-7,10-13,15,17-18,24-25H,2,4-5,8-9,14,16,23H2,1H3/t17-/m0/s1. The number of nitrogens with two attached hydrogens (primary N) is 1. The van der Waals surface area contributed by atoms with Gasteiger partial charge in [0, 0.05) is 18.3 Å². The molecule has 0 unspecified atom stereocenters. The van der Waals surface area contributed by atoms with E-state index in [4.69, 9.17) is 5.73 Å². The maximum atomic E-state index is 12.7. The van der Waals surface area contributed by atoms with Crippen LogP contribution >= 0.6 is 0 Å². The Morgan fingerprint density at radius 2 is 1.79 bits per heavy atom. The van der Waals surface area contributed by atoms with Crippen LogP contribution in [-0.2, 0) is 16.6 Å². The van der Waals surface area contributed by atoms with E-state index in [9.17, 15) is 8.42 Å². The fraction of sp³-hybridized carbons (Fsp3) is 0.455. The summed E-state index contributed by atoms with van der Waals surface area (Å²) in [6.45, 7) is 2.78. The fourth-order valence-electron chi connectivity index (χ4n) is 3.95. The van der Waals surface area contributed by atoms with Gasteiger partial charge in [-0.1, -0.05) is 50.3 Å². The van der Waals surface area contributed by atoms with Crippen molar-refractivity contribution in [3.63, 3.8) is 0 Å². The van der Waals surface area contributed by atoms with Crippen LogP contribution in [0.3, 0.4) is 0 Å². The van der Waals surface area contributed by atoms with Gasteiger partial charge >= 0.3 is 0 Å². The van der Waals surface area contributed by atoms with Crippen molar-refractivity contribution < 1.29 is 8.42 Å². The van der Waals surface area contributed by atoms with Gasteiger partial charge in [-0.05, 0) is 55.2 Å². The van der Waals surface area contributed by atoms with Crippen molar-refractivity contribution >= 4 is 21.4 Å². The van der Waals surface area contributed by atoms with Crippen molar-refractivity contribution in [2.75, 3.05) is 10.5 Å². The van der Waals surface area contributed by atoms with Gasteiger partial charge in [0.15, 0.2) is 0 Å². The molecule has 0 aliphatic heterocycles. The van der Waals surface area contributed by atoms with Crippen LogP contribution < -0.4 is 15.8 Å². The molecule has 6 heteroatoms. The molecule has 0 heterocycles. The first-order chi connectivity index (χ1) is 13.4. The van der Waals surface area contributed by atoms with Gasteiger partial charge in [-0.15, -0.1) is 0 Å². The summed E-state index contributed by atoms with van der Waals surface area (Å²) >= 11 is 0. The first-order valence-corrected chi connectivity index (χ1v) is 11.6. The zero-order chi connectivity index (χ0) is 20.0. The monoisotopic (exact) mass is 401 g/mol. The fourth-order valence-corrected chi connectivity index (χ4v) is 5.08. The molecule has 0 bridgehead atoms. The predicted octanol–water partition coefficient (Wildman–Crippen LogP) is 4.52. The molecule has 1 aliphatic carbocycles. The highest BCUT2D eigenvalue weighted by molar-refractivity contribution is 7.92. The SMILES string of the molecule is C[C@@H](CC1CCCCC1)NCc1cc(N)ccc1NS(=O)(=O)c1ccccc1. The summed E-state index contributed by atoms with van der Waals surface area (Å²) in [6.07, 6.45) is 7.87. The molecule has 1 fully saturated rings. The summed E-state index contributed by atoms with van der Waals surface area (Å²) in [6, 6.07) is 14.1. The Morgan fingerprint density at radius 3 is 2.50 bits per heavy atom. The minimum atomic E-state index is -3.63. The van der Waals surface area contributed by atoms with E-state index < -0.39 is 10.0 Å².